The van der Waals surface area contributed by atoms with Crippen molar-refractivity contribution in [3.8, 4) is 11.5 Å². The van der Waals surface area contributed by atoms with Gasteiger partial charge in [-0.25, -0.2) is 0 Å². The lowest BCUT2D eigenvalue weighted by Gasteiger charge is -2.29. The van der Waals surface area contributed by atoms with E-state index in [-0.39, 0.29) is 12.6 Å². The summed E-state index contributed by atoms with van der Waals surface area (Å²) in [6.07, 6.45) is 4.74. The molecule has 2 aromatic carbocycles. The highest BCUT2D eigenvalue weighted by atomic mass is 16.5. The van der Waals surface area contributed by atoms with Crippen molar-refractivity contribution in [2.75, 3.05) is 13.7 Å². The highest BCUT2D eigenvalue weighted by Crippen LogP contribution is 2.37. The lowest BCUT2D eigenvalue weighted by Crippen LogP contribution is -2.36. The number of methoxy groups -OCH3 is 1. The molecule has 0 aromatic heterocycles. The van der Waals surface area contributed by atoms with Gasteiger partial charge in [-0.05, 0) is 48.9 Å². The zero-order chi connectivity index (χ0) is 17.0. The summed E-state index contributed by atoms with van der Waals surface area (Å²) < 4.78 is 11.6. The summed E-state index contributed by atoms with van der Waals surface area (Å²) in [5.74, 6) is 1.35. The molecule has 2 aromatic rings. The van der Waals surface area contributed by atoms with Crippen molar-refractivity contribution in [2.24, 2.45) is 5.73 Å². The van der Waals surface area contributed by atoms with Gasteiger partial charge in [-0.1, -0.05) is 36.4 Å². The van der Waals surface area contributed by atoms with Crippen LogP contribution in [0.25, 0.3) is 0 Å². The Morgan fingerprint density at radius 1 is 1.04 bits per heavy atom. The average molecular weight is 327 g/mol. The van der Waals surface area contributed by atoms with Crippen molar-refractivity contribution in [1.29, 1.82) is 0 Å². The van der Waals surface area contributed by atoms with Crippen molar-refractivity contribution < 1.29 is 14.6 Å². The van der Waals surface area contributed by atoms with Gasteiger partial charge in [-0.3, -0.25) is 0 Å². The molecule has 4 heteroatoms. The summed E-state index contributed by atoms with van der Waals surface area (Å²) in [7, 11) is 1.63. The molecule has 128 valence electrons. The van der Waals surface area contributed by atoms with Crippen molar-refractivity contribution in [3.05, 3.63) is 59.7 Å². The zero-order valence-corrected chi connectivity index (χ0v) is 14.1. The smallest absolute Gasteiger partial charge is 0.161 e. The topological polar surface area (TPSA) is 64.7 Å². The molecule has 4 nitrogen and oxygen atoms in total. The van der Waals surface area contributed by atoms with Gasteiger partial charge < -0.3 is 20.3 Å². The van der Waals surface area contributed by atoms with Crippen LogP contribution in [0.15, 0.2) is 48.5 Å². The van der Waals surface area contributed by atoms with Crippen molar-refractivity contribution in [2.45, 2.75) is 37.4 Å². The summed E-state index contributed by atoms with van der Waals surface area (Å²) in [4.78, 5) is 0. The molecule has 24 heavy (non-hydrogen) atoms. The second kappa shape index (κ2) is 7.24. The van der Waals surface area contributed by atoms with Crippen molar-refractivity contribution >= 4 is 0 Å². The van der Waals surface area contributed by atoms with E-state index in [4.69, 9.17) is 15.2 Å². The second-order valence-electron chi connectivity index (χ2n) is 6.32. The Bertz CT molecular complexity index is 668. The van der Waals surface area contributed by atoms with Crippen LogP contribution in [-0.2, 0) is 5.60 Å². The molecule has 1 saturated carbocycles. The van der Waals surface area contributed by atoms with E-state index in [2.05, 4.69) is 0 Å². The highest BCUT2D eigenvalue weighted by molar-refractivity contribution is 5.47. The predicted molar refractivity (Wildman–Crippen MR) is 94.4 cm³/mol. The largest absolute Gasteiger partial charge is 0.493 e. The van der Waals surface area contributed by atoms with Crippen LogP contribution >= 0.6 is 0 Å². The lowest BCUT2D eigenvalue weighted by atomic mass is 9.86. The van der Waals surface area contributed by atoms with E-state index in [9.17, 15) is 5.11 Å². The van der Waals surface area contributed by atoms with E-state index in [1.165, 1.54) is 12.8 Å². The first-order valence-corrected chi connectivity index (χ1v) is 8.50. The summed E-state index contributed by atoms with van der Waals surface area (Å²) in [5, 5.41) is 11.2. The fourth-order valence-electron chi connectivity index (χ4n) is 3.33. The van der Waals surface area contributed by atoms with Crippen molar-refractivity contribution in [1.82, 2.24) is 0 Å². The average Bonchev–Trinajstić information content (AvgIpc) is 3.15. The Morgan fingerprint density at radius 3 is 2.38 bits per heavy atom. The monoisotopic (exact) mass is 327 g/mol. The molecular formula is C20H25NO3. The maximum absolute atomic E-state index is 11.2. The second-order valence-corrected chi connectivity index (χ2v) is 6.32. The number of nitrogens with two attached hydrogens (primary N) is 1. The first kappa shape index (κ1) is 16.8. The van der Waals surface area contributed by atoms with Gasteiger partial charge in [0.1, 0.15) is 5.60 Å². The molecule has 1 fully saturated rings. The summed E-state index contributed by atoms with van der Waals surface area (Å²) >= 11 is 0. The number of ether oxygens (including phenoxy) is 2. The van der Waals surface area contributed by atoms with Gasteiger partial charge in [0.05, 0.1) is 13.2 Å². The van der Waals surface area contributed by atoms with Crippen molar-refractivity contribution in [3.63, 3.8) is 0 Å². The summed E-state index contributed by atoms with van der Waals surface area (Å²) in [5.41, 5.74) is 6.17. The first-order valence-electron chi connectivity index (χ1n) is 8.50. The predicted octanol–water partition coefficient (Wildman–Crippen LogP) is 3.21. The SMILES string of the molecule is COc1ccc(C(O)(CN)c2ccccc2)cc1OC1CCCC1. The van der Waals surface area contributed by atoms with E-state index in [0.717, 1.165) is 18.4 Å². The van der Waals surface area contributed by atoms with E-state index in [0.29, 0.717) is 17.1 Å². The fourth-order valence-corrected chi connectivity index (χ4v) is 3.33. The lowest BCUT2D eigenvalue weighted by molar-refractivity contribution is 0.0894. The minimum absolute atomic E-state index is 0.0895. The third-order valence-electron chi connectivity index (χ3n) is 4.78. The number of aliphatic hydroxyl groups is 1. The van der Waals surface area contributed by atoms with Crippen LogP contribution in [0.1, 0.15) is 36.8 Å². The van der Waals surface area contributed by atoms with Crippen LogP contribution in [0.5, 0.6) is 11.5 Å². The minimum atomic E-state index is -1.25. The number of hydrogen-bond acceptors (Lipinski definition) is 4. The Morgan fingerprint density at radius 2 is 1.75 bits per heavy atom. The van der Waals surface area contributed by atoms with Gasteiger partial charge >= 0.3 is 0 Å². The van der Waals surface area contributed by atoms with E-state index >= 15 is 0 Å². The molecule has 0 aliphatic heterocycles. The molecular weight excluding hydrogens is 302 g/mol. The van der Waals surface area contributed by atoms with Crippen LogP contribution in [0.3, 0.4) is 0 Å². The molecule has 1 aliphatic rings. The standard InChI is InChI=1S/C20H25NO3/c1-23-18-12-11-16(13-19(18)24-17-9-5-6-10-17)20(22,14-21)15-7-3-2-4-8-15/h2-4,7-8,11-13,17,22H,5-6,9-10,14,21H2,1H3. The van der Waals surface area contributed by atoms with Gasteiger partial charge in [-0.2, -0.15) is 0 Å². The molecule has 0 radical (unpaired) electrons. The third kappa shape index (κ3) is 3.25. The molecule has 0 saturated heterocycles. The molecule has 0 heterocycles. The fraction of sp³-hybridized carbons (Fsp3) is 0.400. The molecule has 0 amide bonds. The van der Waals surface area contributed by atoms with Gasteiger partial charge in [0, 0.05) is 6.54 Å². The van der Waals surface area contributed by atoms with E-state index < -0.39 is 5.60 Å². The number of benzene rings is 2. The Kier molecular flexibility index (Phi) is 5.07. The maximum Gasteiger partial charge on any atom is 0.161 e. The number of hydrogen-bond donors (Lipinski definition) is 2. The molecule has 1 unspecified atom stereocenters. The normalized spacial score (nSPS) is 17.5. The highest BCUT2D eigenvalue weighted by Gasteiger charge is 2.31. The zero-order valence-electron chi connectivity index (χ0n) is 14.1. The van der Waals surface area contributed by atoms with E-state index in [1.54, 1.807) is 7.11 Å². The first-order chi connectivity index (χ1) is 11.7. The number of rotatable bonds is 6. The van der Waals surface area contributed by atoms with Gasteiger partial charge in [0.15, 0.2) is 11.5 Å². The quantitative estimate of drug-likeness (QED) is 0.855. The molecule has 3 N–H and O–H groups in total. The van der Waals surface area contributed by atoms with Crippen LogP contribution in [0, 0.1) is 0 Å². The molecule has 1 atom stereocenters. The molecule has 3 rings (SSSR count). The molecule has 1 aliphatic carbocycles. The van der Waals surface area contributed by atoms with Gasteiger partial charge in [0.25, 0.3) is 0 Å². The van der Waals surface area contributed by atoms with Gasteiger partial charge in [-0.15, -0.1) is 0 Å². The Balaban J connectivity index is 1.97. The van der Waals surface area contributed by atoms with Crippen LogP contribution in [-0.4, -0.2) is 24.9 Å². The third-order valence-corrected chi connectivity index (χ3v) is 4.78. The molecule has 0 bridgehead atoms. The summed E-state index contributed by atoms with van der Waals surface area (Å²) in [6.45, 7) is 0.0895. The Labute approximate surface area is 143 Å². The summed E-state index contributed by atoms with van der Waals surface area (Å²) in [6, 6.07) is 15.0. The Hall–Kier alpha value is -2.04. The van der Waals surface area contributed by atoms with Crippen LogP contribution in [0.2, 0.25) is 0 Å². The van der Waals surface area contributed by atoms with Crippen LogP contribution in [0.4, 0.5) is 0 Å². The molecule has 0 spiro atoms. The minimum Gasteiger partial charge on any atom is -0.493 e. The van der Waals surface area contributed by atoms with E-state index in [1.807, 2.05) is 48.5 Å². The van der Waals surface area contributed by atoms with Crippen LogP contribution < -0.4 is 15.2 Å². The maximum atomic E-state index is 11.2. The van der Waals surface area contributed by atoms with Gasteiger partial charge in [0.2, 0.25) is 0 Å².